The zero-order valence-corrected chi connectivity index (χ0v) is 16.7. The van der Waals surface area contributed by atoms with Gasteiger partial charge in [-0.05, 0) is 55.4 Å². The molecule has 9 heteroatoms. The van der Waals surface area contributed by atoms with E-state index in [-0.39, 0.29) is 13.2 Å². The first kappa shape index (κ1) is 23.8. The number of hydrogen-bond donors (Lipinski definition) is 0. The van der Waals surface area contributed by atoms with Crippen molar-refractivity contribution in [2.75, 3.05) is 13.2 Å². The molecule has 0 N–H and O–H groups in total. The van der Waals surface area contributed by atoms with Crippen molar-refractivity contribution in [3.8, 4) is 0 Å². The van der Waals surface area contributed by atoms with Gasteiger partial charge in [-0.3, -0.25) is 0 Å². The maximum atomic E-state index is 11.6. The molecule has 0 radical (unpaired) electrons. The summed E-state index contributed by atoms with van der Waals surface area (Å²) in [5, 5.41) is 0. The predicted octanol–water partition coefficient (Wildman–Crippen LogP) is 3.82. The Morgan fingerprint density at radius 2 is 0.962 bits per heavy atom. The third-order valence-electron chi connectivity index (χ3n) is 2.25. The molecule has 0 aromatic carbocycles. The second-order valence-electron chi connectivity index (χ2n) is 7.66. The Morgan fingerprint density at radius 3 is 1.23 bits per heavy atom. The molecule has 0 saturated carbocycles. The van der Waals surface area contributed by atoms with Gasteiger partial charge in [0.15, 0.2) is 0 Å². The van der Waals surface area contributed by atoms with E-state index in [9.17, 15) is 14.4 Å². The molecular weight excluding hydrogens is 348 g/mol. The first-order chi connectivity index (χ1) is 11.7. The van der Waals surface area contributed by atoms with Gasteiger partial charge >= 0.3 is 18.5 Å². The first-order valence-electron chi connectivity index (χ1n) is 8.27. The zero-order valence-electron chi connectivity index (χ0n) is 16.7. The van der Waals surface area contributed by atoms with Crippen LogP contribution in [0.3, 0.4) is 0 Å². The van der Waals surface area contributed by atoms with Crippen LogP contribution in [-0.4, -0.2) is 55.1 Å². The van der Waals surface area contributed by atoms with Crippen LogP contribution in [0, 0.1) is 0 Å². The van der Waals surface area contributed by atoms with Crippen LogP contribution in [0.15, 0.2) is 0 Å². The van der Waals surface area contributed by atoms with Crippen molar-refractivity contribution < 1.29 is 42.8 Å². The highest BCUT2D eigenvalue weighted by molar-refractivity contribution is 5.62. The van der Waals surface area contributed by atoms with Gasteiger partial charge in [0.2, 0.25) is 0 Å². The van der Waals surface area contributed by atoms with E-state index in [2.05, 4.69) is 0 Å². The van der Waals surface area contributed by atoms with E-state index in [4.69, 9.17) is 28.4 Å². The van der Waals surface area contributed by atoms with Crippen LogP contribution in [0.1, 0.15) is 55.4 Å². The van der Waals surface area contributed by atoms with E-state index < -0.39 is 41.9 Å². The summed E-state index contributed by atoms with van der Waals surface area (Å²) in [4.78, 5) is 34.4. The van der Waals surface area contributed by atoms with Gasteiger partial charge in [-0.15, -0.1) is 0 Å². The summed E-state index contributed by atoms with van der Waals surface area (Å²) in [6.07, 6.45) is -4.19. The van der Waals surface area contributed by atoms with Crippen LogP contribution in [-0.2, 0) is 28.4 Å². The lowest BCUT2D eigenvalue weighted by Crippen LogP contribution is -2.30. The Morgan fingerprint density at radius 1 is 0.654 bits per heavy atom. The summed E-state index contributed by atoms with van der Waals surface area (Å²) in [6.45, 7) is 12.9. The first-order valence-corrected chi connectivity index (χ1v) is 8.27. The van der Waals surface area contributed by atoms with Crippen molar-refractivity contribution in [1.29, 1.82) is 0 Å². The van der Waals surface area contributed by atoms with E-state index in [0.29, 0.717) is 0 Å². The van der Waals surface area contributed by atoms with Gasteiger partial charge in [0, 0.05) is 0 Å². The topological polar surface area (TPSA) is 107 Å². The highest BCUT2D eigenvalue weighted by atomic mass is 16.8. The summed E-state index contributed by atoms with van der Waals surface area (Å²) >= 11 is 0. The summed E-state index contributed by atoms with van der Waals surface area (Å²) in [7, 11) is 0. The fraction of sp³-hybridized carbons (Fsp3) is 0.824. The van der Waals surface area contributed by atoms with Crippen LogP contribution in [0.4, 0.5) is 14.4 Å². The second-order valence-corrected chi connectivity index (χ2v) is 7.66. The van der Waals surface area contributed by atoms with Crippen LogP contribution < -0.4 is 0 Å². The van der Waals surface area contributed by atoms with Crippen molar-refractivity contribution in [1.82, 2.24) is 0 Å². The van der Waals surface area contributed by atoms with Crippen LogP contribution in [0.5, 0.6) is 0 Å². The van der Waals surface area contributed by atoms with Crippen LogP contribution in [0.25, 0.3) is 0 Å². The standard InChI is InChI=1S/C17H30O9/c1-11(9-21-13(18)25-16(3,4)5)23-15(20)24-12(2)10-22-14(19)26-17(6,7)8/h11-12H,9-10H2,1-8H3. The van der Waals surface area contributed by atoms with E-state index >= 15 is 0 Å². The summed E-state index contributed by atoms with van der Waals surface area (Å²) in [5.41, 5.74) is -1.35. The van der Waals surface area contributed by atoms with E-state index in [0.717, 1.165) is 0 Å². The number of ether oxygens (including phenoxy) is 6. The third kappa shape index (κ3) is 14.2. The predicted molar refractivity (Wildman–Crippen MR) is 90.9 cm³/mol. The smallest absolute Gasteiger partial charge is 0.430 e. The molecule has 0 amide bonds. The maximum Gasteiger partial charge on any atom is 0.509 e. The molecule has 0 bridgehead atoms. The van der Waals surface area contributed by atoms with Crippen molar-refractivity contribution >= 4 is 18.5 Å². The Balaban J connectivity index is 4.05. The molecular formula is C17H30O9. The van der Waals surface area contributed by atoms with Crippen molar-refractivity contribution in [3.63, 3.8) is 0 Å². The minimum atomic E-state index is -0.981. The second kappa shape index (κ2) is 10.1. The summed E-state index contributed by atoms with van der Waals surface area (Å²) in [5.74, 6) is 0. The lowest BCUT2D eigenvalue weighted by atomic mass is 10.2. The monoisotopic (exact) mass is 378 g/mol. The van der Waals surface area contributed by atoms with Gasteiger partial charge in [0.05, 0.1) is 0 Å². The molecule has 2 atom stereocenters. The Labute approximate surface area is 154 Å². The maximum absolute atomic E-state index is 11.6. The Hall–Kier alpha value is -2.19. The Kier molecular flexibility index (Phi) is 9.23. The fourth-order valence-electron chi connectivity index (χ4n) is 1.35. The molecule has 9 nitrogen and oxygen atoms in total. The quantitative estimate of drug-likeness (QED) is 0.503. The van der Waals surface area contributed by atoms with Crippen LogP contribution in [0.2, 0.25) is 0 Å². The highest BCUT2D eigenvalue weighted by Gasteiger charge is 2.22. The number of carbonyl (C=O) groups excluding carboxylic acids is 3. The van der Waals surface area contributed by atoms with E-state index in [1.54, 1.807) is 41.5 Å². The highest BCUT2D eigenvalue weighted by Crippen LogP contribution is 2.10. The van der Waals surface area contributed by atoms with E-state index in [1.165, 1.54) is 13.8 Å². The molecule has 0 aliphatic carbocycles. The SMILES string of the molecule is CC(COC(=O)OC(C)(C)C)OC(=O)OC(C)COC(=O)OC(C)(C)C. The van der Waals surface area contributed by atoms with Crippen molar-refractivity contribution in [2.45, 2.75) is 78.8 Å². The Bertz CT molecular complexity index is 432. The molecule has 0 rings (SSSR count). The van der Waals surface area contributed by atoms with Crippen LogP contribution >= 0.6 is 0 Å². The third-order valence-corrected chi connectivity index (χ3v) is 2.25. The zero-order chi connectivity index (χ0) is 20.5. The fourth-order valence-corrected chi connectivity index (χ4v) is 1.35. The summed E-state index contributed by atoms with van der Waals surface area (Å²) < 4.78 is 29.4. The average Bonchev–Trinajstić information content (AvgIpc) is 2.39. The van der Waals surface area contributed by atoms with Gasteiger partial charge in [-0.2, -0.15) is 0 Å². The normalized spacial score (nSPS) is 13.8. The lowest BCUT2D eigenvalue weighted by molar-refractivity contribution is -0.0527. The minimum Gasteiger partial charge on any atom is -0.430 e. The van der Waals surface area contributed by atoms with Crippen molar-refractivity contribution in [3.05, 3.63) is 0 Å². The van der Waals surface area contributed by atoms with Gasteiger partial charge in [0.1, 0.15) is 36.6 Å². The molecule has 0 spiro atoms. The average molecular weight is 378 g/mol. The molecule has 0 aromatic heterocycles. The minimum absolute atomic E-state index is 0.188. The number of rotatable bonds is 6. The summed E-state index contributed by atoms with van der Waals surface area (Å²) in [6, 6.07) is 0. The molecule has 0 aliphatic rings. The molecule has 2 unspecified atom stereocenters. The van der Waals surface area contributed by atoms with E-state index in [1.807, 2.05) is 0 Å². The van der Waals surface area contributed by atoms with Gasteiger partial charge < -0.3 is 28.4 Å². The molecule has 0 saturated heterocycles. The molecule has 26 heavy (non-hydrogen) atoms. The molecule has 0 aliphatic heterocycles. The number of carbonyl (C=O) groups is 3. The van der Waals surface area contributed by atoms with Gasteiger partial charge in [-0.1, -0.05) is 0 Å². The molecule has 0 aromatic rings. The largest absolute Gasteiger partial charge is 0.509 e. The molecule has 0 fully saturated rings. The van der Waals surface area contributed by atoms with Crippen molar-refractivity contribution in [2.24, 2.45) is 0 Å². The lowest BCUT2D eigenvalue weighted by Gasteiger charge is -2.21. The molecule has 0 heterocycles. The van der Waals surface area contributed by atoms with Gasteiger partial charge in [-0.25, -0.2) is 14.4 Å². The van der Waals surface area contributed by atoms with Gasteiger partial charge in [0.25, 0.3) is 0 Å². The molecule has 152 valence electrons. The number of hydrogen-bond acceptors (Lipinski definition) is 9.